The van der Waals surface area contributed by atoms with Gasteiger partial charge in [0, 0.05) is 10.0 Å². The fourth-order valence-corrected chi connectivity index (χ4v) is 1.33. The van der Waals surface area contributed by atoms with Gasteiger partial charge in [0.2, 0.25) is 0 Å². The number of benzene rings is 1. The molecule has 0 N–H and O–H groups in total. The van der Waals surface area contributed by atoms with Crippen molar-refractivity contribution in [2.45, 2.75) is 13.8 Å². The Bertz CT molecular complexity index is 328. The lowest BCUT2D eigenvalue weighted by molar-refractivity contribution is -0.137. The molecule has 14 heavy (non-hydrogen) atoms. The molecule has 0 aliphatic rings. The lowest BCUT2D eigenvalue weighted by atomic mass is 10.2. The lowest BCUT2D eigenvalue weighted by Crippen LogP contribution is -2.14. The van der Waals surface area contributed by atoms with Gasteiger partial charge in [-0.25, -0.2) is 0 Å². The van der Waals surface area contributed by atoms with Crippen molar-refractivity contribution in [1.29, 1.82) is 0 Å². The highest BCUT2D eigenvalue weighted by Gasteiger charge is 2.10. The van der Waals surface area contributed by atoms with E-state index in [0.29, 0.717) is 15.8 Å². The largest absolute Gasteiger partial charge is 0.426 e. The van der Waals surface area contributed by atoms with Gasteiger partial charge in [-0.15, -0.1) is 0 Å². The first-order chi connectivity index (χ1) is 6.49. The first-order valence-corrected chi connectivity index (χ1v) is 4.92. The van der Waals surface area contributed by atoms with Gasteiger partial charge >= 0.3 is 5.97 Å². The number of rotatable bonds is 2. The highest BCUT2D eigenvalue weighted by atomic mass is 35.5. The van der Waals surface area contributed by atoms with Crippen LogP contribution in [0.4, 0.5) is 0 Å². The molecule has 0 aromatic heterocycles. The molecule has 1 aromatic carbocycles. The number of ether oxygens (including phenoxy) is 1. The van der Waals surface area contributed by atoms with E-state index in [1.165, 1.54) is 0 Å². The van der Waals surface area contributed by atoms with Gasteiger partial charge in [-0.2, -0.15) is 0 Å². The molecule has 0 aliphatic heterocycles. The van der Waals surface area contributed by atoms with Gasteiger partial charge in [0.15, 0.2) is 0 Å². The maximum Gasteiger partial charge on any atom is 0.313 e. The molecule has 0 atom stereocenters. The van der Waals surface area contributed by atoms with Crippen molar-refractivity contribution >= 4 is 29.2 Å². The van der Waals surface area contributed by atoms with E-state index >= 15 is 0 Å². The first kappa shape index (κ1) is 11.3. The van der Waals surface area contributed by atoms with Gasteiger partial charge in [0.05, 0.1) is 5.92 Å². The van der Waals surface area contributed by atoms with E-state index in [-0.39, 0.29) is 11.9 Å². The van der Waals surface area contributed by atoms with Crippen molar-refractivity contribution in [2.24, 2.45) is 5.92 Å². The van der Waals surface area contributed by atoms with Crippen LogP contribution in [0.5, 0.6) is 5.75 Å². The van der Waals surface area contributed by atoms with Crippen LogP contribution in [-0.4, -0.2) is 5.97 Å². The topological polar surface area (TPSA) is 26.3 Å². The summed E-state index contributed by atoms with van der Waals surface area (Å²) in [5.41, 5.74) is 0. The smallest absolute Gasteiger partial charge is 0.313 e. The maximum atomic E-state index is 11.2. The lowest BCUT2D eigenvalue weighted by Gasteiger charge is -2.06. The average molecular weight is 233 g/mol. The summed E-state index contributed by atoms with van der Waals surface area (Å²) in [6, 6.07) is 4.68. The van der Waals surface area contributed by atoms with Crippen molar-refractivity contribution in [1.82, 2.24) is 0 Å². The molecule has 0 heterocycles. The standard InChI is InChI=1S/C10H10Cl2O2/c1-6(2)10(13)14-9-4-7(11)3-8(12)5-9/h3-6H,1-2H3. The third-order valence-electron chi connectivity index (χ3n) is 1.53. The zero-order valence-corrected chi connectivity index (χ0v) is 9.39. The minimum Gasteiger partial charge on any atom is -0.426 e. The predicted molar refractivity (Wildman–Crippen MR) is 56.9 cm³/mol. The molecule has 76 valence electrons. The minimum atomic E-state index is -0.302. The van der Waals surface area contributed by atoms with Gasteiger partial charge in [-0.05, 0) is 18.2 Å². The number of esters is 1. The molecule has 2 nitrogen and oxygen atoms in total. The summed E-state index contributed by atoms with van der Waals surface area (Å²) < 4.78 is 5.03. The highest BCUT2D eigenvalue weighted by Crippen LogP contribution is 2.24. The summed E-state index contributed by atoms with van der Waals surface area (Å²) in [6.45, 7) is 3.52. The third kappa shape index (κ3) is 3.20. The highest BCUT2D eigenvalue weighted by molar-refractivity contribution is 6.34. The molecule has 0 fully saturated rings. The monoisotopic (exact) mass is 232 g/mol. The van der Waals surface area contributed by atoms with Crippen molar-refractivity contribution in [3.05, 3.63) is 28.2 Å². The molecule has 4 heteroatoms. The summed E-state index contributed by atoms with van der Waals surface area (Å²) in [5, 5.41) is 0.896. The van der Waals surface area contributed by atoms with Gasteiger partial charge < -0.3 is 4.74 Å². The number of hydrogen-bond acceptors (Lipinski definition) is 2. The van der Waals surface area contributed by atoms with E-state index in [4.69, 9.17) is 27.9 Å². The number of halogens is 2. The Balaban J connectivity index is 2.82. The summed E-state index contributed by atoms with van der Waals surface area (Å²) >= 11 is 11.5. The molecule has 1 aromatic rings. The average Bonchev–Trinajstić information content (AvgIpc) is 2.01. The molecule has 0 saturated carbocycles. The fraction of sp³-hybridized carbons (Fsp3) is 0.300. The minimum absolute atomic E-state index is 0.173. The Labute approximate surface area is 92.8 Å². The van der Waals surface area contributed by atoms with Gasteiger partial charge in [-0.3, -0.25) is 4.79 Å². The Kier molecular flexibility index (Phi) is 3.78. The molecule has 0 saturated heterocycles. The molecule has 0 bridgehead atoms. The van der Waals surface area contributed by atoms with E-state index in [0.717, 1.165) is 0 Å². The van der Waals surface area contributed by atoms with Crippen molar-refractivity contribution in [2.75, 3.05) is 0 Å². The summed E-state index contributed by atoms with van der Waals surface area (Å²) in [7, 11) is 0. The van der Waals surface area contributed by atoms with Gasteiger partial charge in [0.25, 0.3) is 0 Å². The fourth-order valence-electron chi connectivity index (χ4n) is 0.821. The molecule has 1 rings (SSSR count). The third-order valence-corrected chi connectivity index (χ3v) is 1.96. The van der Waals surface area contributed by atoms with Crippen LogP contribution >= 0.6 is 23.2 Å². The number of carbonyl (C=O) groups excluding carboxylic acids is 1. The van der Waals surface area contributed by atoms with E-state index in [1.807, 2.05) is 0 Å². The van der Waals surface area contributed by atoms with Crippen LogP contribution in [0.2, 0.25) is 10.0 Å². The van der Waals surface area contributed by atoms with Crippen LogP contribution in [0, 0.1) is 5.92 Å². The zero-order chi connectivity index (χ0) is 10.7. The predicted octanol–water partition coefficient (Wildman–Crippen LogP) is 3.55. The molecular formula is C10H10Cl2O2. The normalized spacial score (nSPS) is 10.4. The van der Waals surface area contributed by atoms with Crippen LogP contribution in [0.25, 0.3) is 0 Å². The molecule has 0 amide bonds. The van der Waals surface area contributed by atoms with E-state index < -0.39 is 0 Å². The Morgan fingerprint density at radius 3 is 2.14 bits per heavy atom. The van der Waals surface area contributed by atoms with E-state index in [9.17, 15) is 4.79 Å². The van der Waals surface area contributed by atoms with Crippen LogP contribution in [0.1, 0.15) is 13.8 Å². The molecule has 0 aliphatic carbocycles. The Morgan fingerprint density at radius 2 is 1.71 bits per heavy atom. The summed E-state index contributed by atoms with van der Waals surface area (Å²) in [6.07, 6.45) is 0. The number of hydrogen-bond donors (Lipinski definition) is 0. The first-order valence-electron chi connectivity index (χ1n) is 4.17. The van der Waals surface area contributed by atoms with Crippen molar-refractivity contribution in [3.8, 4) is 5.75 Å². The molecule has 0 spiro atoms. The van der Waals surface area contributed by atoms with Crippen LogP contribution in [0.15, 0.2) is 18.2 Å². The van der Waals surface area contributed by atoms with E-state index in [1.54, 1.807) is 32.0 Å². The van der Waals surface area contributed by atoms with Crippen LogP contribution in [0.3, 0.4) is 0 Å². The van der Waals surface area contributed by atoms with Gasteiger partial charge in [0.1, 0.15) is 5.75 Å². The summed E-state index contributed by atoms with van der Waals surface area (Å²) in [5.74, 6) is -0.0997. The molecule has 0 unspecified atom stereocenters. The quantitative estimate of drug-likeness (QED) is 0.576. The van der Waals surface area contributed by atoms with E-state index in [2.05, 4.69) is 0 Å². The maximum absolute atomic E-state index is 11.2. The second-order valence-corrected chi connectivity index (χ2v) is 4.05. The molecule has 0 radical (unpaired) electrons. The van der Waals surface area contributed by atoms with Crippen LogP contribution in [-0.2, 0) is 4.79 Å². The van der Waals surface area contributed by atoms with Crippen molar-refractivity contribution in [3.63, 3.8) is 0 Å². The van der Waals surface area contributed by atoms with Gasteiger partial charge in [-0.1, -0.05) is 37.0 Å². The number of carbonyl (C=O) groups is 1. The second kappa shape index (κ2) is 4.67. The SMILES string of the molecule is CC(C)C(=O)Oc1cc(Cl)cc(Cl)c1. The summed E-state index contributed by atoms with van der Waals surface area (Å²) in [4.78, 5) is 11.2. The second-order valence-electron chi connectivity index (χ2n) is 3.18. The zero-order valence-electron chi connectivity index (χ0n) is 7.88. The van der Waals surface area contributed by atoms with Crippen LogP contribution < -0.4 is 4.74 Å². The Morgan fingerprint density at radius 1 is 1.21 bits per heavy atom. The Hall–Kier alpha value is -0.730. The molecular weight excluding hydrogens is 223 g/mol. The van der Waals surface area contributed by atoms with Crippen molar-refractivity contribution < 1.29 is 9.53 Å².